The van der Waals surface area contributed by atoms with Gasteiger partial charge in [0.1, 0.15) is 0 Å². The minimum atomic E-state index is -6.95. The first kappa shape index (κ1) is 23.5. The molecule has 0 aromatic heterocycles. The third-order valence-electron chi connectivity index (χ3n) is 3.60. The van der Waals surface area contributed by atoms with Crippen LogP contribution in [0.3, 0.4) is 0 Å². The van der Waals surface area contributed by atoms with Crippen LogP contribution < -0.4 is 0 Å². The zero-order valence-corrected chi connectivity index (χ0v) is 14.6. The summed E-state index contributed by atoms with van der Waals surface area (Å²) in [5, 5.41) is 0. The van der Waals surface area contributed by atoms with Crippen molar-refractivity contribution in [3.8, 4) is 0 Å². The number of hydrogen-bond donors (Lipinski definition) is 0. The Balaban J connectivity index is 0.000000449. The summed E-state index contributed by atoms with van der Waals surface area (Å²) in [5.41, 5.74) is -6.24. The lowest BCUT2D eigenvalue weighted by Crippen LogP contribution is -2.47. The van der Waals surface area contributed by atoms with Crippen LogP contribution in [0.2, 0.25) is 0 Å². The van der Waals surface area contributed by atoms with Crippen LogP contribution in [0.5, 0.6) is 0 Å². The lowest BCUT2D eigenvalue weighted by molar-refractivity contribution is -0.935. The van der Waals surface area contributed by atoms with Crippen LogP contribution in [-0.2, 0) is 14.4 Å². The Hall–Kier alpha value is -0.485. The predicted molar refractivity (Wildman–Crippen MR) is 79.5 cm³/mol. The quantitative estimate of drug-likeness (QED) is 0.290. The molecular weight excluding hydrogens is 363 g/mol. The lowest BCUT2D eigenvalue weighted by Gasteiger charge is -2.33. The van der Waals surface area contributed by atoms with E-state index in [1.54, 1.807) is 0 Å². The molecule has 1 rings (SSSR count). The minimum Gasteiger partial charge on any atom is -0.436 e. The Bertz CT molecular complexity index is 440. The predicted octanol–water partition coefficient (Wildman–Crippen LogP) is 3.66. The maximum Gasteiger partial charge on any atom is 0.616 e. The molecule has 1 heterocycles. The zero-order valence-electron chi connectivity index (χ0n) is 13.8. The third kappa shape index (κ3) is 6.79. The molecule has 0 unspecified atom stereocenters. The van der Waals surface area contributed by atoms with Crippen LogP contribution in [0, 0.1) is 0 Å². The van der Waals surface area contributed by atoms with Crippen molar-refractivity contribution in [3.05, 3.63) is 0 Å². The van der Waals surface area contributed by atoms with Crippen molar-refractivity contribution in [2.24, 2.45) is 0 Å². The summed E-state index contributed by atoms with van der Waals surface area (Å²) in [7, 11) is -6.95. The molecule has 0 saturated carbocycles. The number of quaternary nitrogens is 1. The molecule has 0 spiro atoms. The number of hydrogen-bond acceptors (Lipinski definition) is 3. The standard InChI is InChI=1S/C11H24NO.CBF6O2S/c1-3-7-12(8-5-6-9-12)11-13-10-4-2;3-1(4,5)11(9,10)2(6,7)8/h3-11H2,1-2H3;/q+1;-1. The fraction of sp³-hybridized carbons (Fsp3) is 1.00. The fourth-order valence-electron chi connectivity index (χ4n) is 2.45. The van der Waals surface area contributed by atoms with E-state index in [0.717, 1.165) is 19.8 Å². The van der Waals surface area contributed by atoms with Crippen LogP contribution in [0.1, 0.15) is 39.5 Å². The van der Waals surface area contributed by atoms with E-state index < -0.39 is 21.5 Å². The monoisotopic (exact) mass is 387 g/mol. The SMILES string of the molecule is CCCOC[N+]1(CCC)CCCC1.O=S(=O)([B-](F)(F)F)C(F)(F)F. The molecule has 0 bridgehead atoms. The van der Waals surface area contributed by atoms with E-state index in [-0.39, 0.29) is 0 Å². The molecule has 0 radical (unpaired) electrons. The first-order valence-electron chi connectivity index (χ1n) is 7.75. The molecule has 12 heteroatoms. The summed E-state index contributed by atoms with van der Waals surface area (Å²) < 4.78 is 92.2. The van der Waals surface area contributed by atoms with Crippen molar-refractivity contribution in [3.63, 3.8) is 0 Å². The number of ether oxygens (including phenoxy) is 1. The van der Waals surface area contributed by atoms with Crippen molar-refractivity contribution in [2.45, 2.75) is 45.0 Å². The van der Waals surface area contributed by atoms with E-state index in [2.05, 4.69) is 13.8 Å². The molecule has 146 valence electrons. The summed E-state index contributed by atoms with van der Waals surface area (Å²) in [6, 6.07) is 0. The molecule has 4 nitrogen and oxygen atoms in total. The highest BCUT2D eigenvalue weighted by molar-refractivity contribution is 8.20. The van der Waals surface area contributed by atoms with Crippen LogP contribution in [0.15, 0.2) is 0 Å². The van der Waals surface area contributed by atoms with Crippen molar-refractivity contribution in [1.82, 2.24) is 0 Å². The highest BCUT2D eigenvalue weighted by Crippen LogP contribution is 2.33. The van der Waals surface area contributed by atoms with Gasteiger partial charge in [0.15, 0.2) is 6.73 Å². The Morgan fingerprint density at radius 2 is 1.54 bits per heavy atom. The van der Waals surface area contributed by atoms with E-state index >= 15 is 0 Å². The summed E-state index contributed by atoms with van der Waals surface area (Å²) in [5.74, 6) is 0. The maximum atomic E-state index is 11.1. The molecule has 24 heavy (non-hydrogen) atoms. The molecule has 0 aromatic rings. The minimum absolute atomic E-state index is 0.934. The maximum absolute atomic E-state index is 11.1. The van der Waals surface area contributed by atoms with E-state index in [9.17, 15) is 34.5 Å². The molecule has 0 aromatic carbocycles. The van der Waals surface area contributed by atoms with Gasteiger partial charge in [-0.1, -0.05) is 13.8 Å². The summed E-state index contributed by atoms with van der Waals surface area (Å²) in [6.07, 6.45) is -1.67. The Morgan fingerprint density at radius 3 is 1.83 bits per heavy atom. The van der Waals surface area contributed by atoms with Gasteiger partial charge in [0, 0.05) is 12.8 Å². The van der Waals surface area contributed by atoms with Crippen LogP contribution in [-0.4, -0.2) is 57.6 Å². The number of halogens is 6. The average Bonchev–Trinajstić information content (AvgIpc) is 2.86. The van der Waals surface area contributed by atoms with Gasteiger partial charge < -0.3 is 22.2 Å². The van der Waals surface area contributed by atoms with Gasteiger partial charge in [-0.2, -0.15) is 13.2 Å². The van der Waals surface area contributed by atoms with Gasteiger partial charge in [-0.05, 0) is 12.8 Å². The Morgan fingerprint density at radius 1 is 1.04 bits per heavy atom. The summed E-state index contributed by atoms with van der Waals surface area (Å²) in [6.45, 7) is 10.3. The van der Waals surface area contributed by atoms with Gasteiger partial charge in [0.25, 0.3) is 0 Å². The normalized spacial score (nSPS) is 18.2. The second-order valence-electron chi connectivity index (χ2n) is 5.76. The number of likely N-dealkylation sites (tertiary alicyclic amines) is 1. The molecule has 0 N–H and O–H groups in total. The van der Waals surface area contributed by atoms with Crippen molar-refractivity contribution in [1.29, 1.82) is 0 Å². The molecule has 1 aliphatic heterocycles. The van der Waals surface area contributed by atoms with E-state index in [4.69, 9.17) is 4.74 Å². The highest BCUT2D eigenvalue weighted by Gasteiger charge is 2.58. The summed E-state index contributed by atoms with van der Waals surface area (Å²) >= 11 is 0. The van der Waals surface area contributed by atoms with E-state index in [1.165, 1.54) is 43.4 Å². The summed E-state index contributed by atoms with van der Waals surface area (Å²) in [4.78, 5) is 0. The van der Waals surface area contributed by atoms with Crippen LogP contribution >= 0.6 is 0 Å². The molecule has 0 atom stereocenters. The van der Waals surface area contributed by atoms with Gasteiger partial charge in [0.2, 0.25) is 9.69 Å². The number of rotatable bonds is 7. The molecule has 1 saturated heterocycles. The van der Waals surface area contributed by atoms with Gasteiger partial charge in [-0.3, -0.25) is 8.42 Å². The first-order chi connectivity index (χ1) is 10.8. The molecule has 0 aliphatic carbocycles. The Labute approximate surface area is 138 Å². The second-order valence-corrected chi connectivity index (χ2v) is 7.85. The number of alkyl halides is 3. The molecule has 0 amide bonds. The largest absolute Gasteiger partial charge is 0.616 e. The Kier molecular flexibility index (Phi) is 9.09. The van der Waals surface area contributed by atoms with Crippen molar-refractivity contribution >= 4 is 15.9 Å². The third-order valence-corrected chi connectivity index (χ3v) is 4.95. The van der Waals surface area contributed by atoms with Crippen molar-refractivity contribution < 1.29 is 43.8 Å². The topological polar surface area (TPSA) is 43.4 Å². The van der Waals surface area contributed by atoms with Gasteiger partial charge >= 0.3 is 11.8 Å². The first-order valence-corrected chi connectivity index (χ1v) is 9.30. The van der Waals surface area contributed by atoms with Gasteiger partial charge in [-0.25, -0.2) is 0 Å². The van der Waals surface area contributed by atoms with Crippen LogP contribution in [0.25, 0.3) is 0 Å². The van der Waals surface area contributed by atoms with E-state index in [0.29, 0.717) is 0 Å². The van der Waals surface area contributed by atoms with Crippen LogP contribution in [0.4, 0.5) is 26.1 Å². The molecule has 1 fully saturated rings. The highest BCUT2D eigenvalue weighted by atomic mass is 32.2. The van der Waals surface area contributed by atoms with Crippen molar-refractivity contribution in [2.75, 3.05) is 33.0 Å². The van der Waals surface area contributed by atoms with Gasteiger partial charge in [0.05, 0.1) is 26.2 Å². The lowest BCUT2D eigenvalue weighted by atomic mass is 10.4. The molecular formula is C12H24BF6NO3S. The van der Waals surface area contributed by atoms with E-state index in [1.807, 2.05) is 0 Å². The van der Waals surface area contributed by atoms with Gasteiger partial charge in [-0.15, -0.1) is 0 Å². The number of nitrogens with zero attached hydrogens (tertiary/aromatic N) is 1. The smallest absolute Gasteiger partial charge is 0.436 e. The average molecular weight is 387 g/mol. The second kappa shape index (κ2) is 9.28. The molecule has 1 aliphatic rings. The fourth-order valence-corrected chi connectivity index (χ4v) is 2.75. The zero-order chi connectivity index (χ0) is 19.1.